The van der Waals surface area contributed by atoms with E-state index in [4.69, 9.17) is 4.74 Å². The maximum atomic E-state index is 14.0. The molecule has 0 spiro atoms. The first kappa shape index (κ1) is 15.9. The van der Waals surface area contributed by atoms with Crippen molar-refractivity contribution < 1.29 is 13.5 Å². The van der Waals surface area contributed by atoms with Gasteiger partial charge >= 0.3 is 0 Å². The summed E-state index contributed by atoms with van der Waals surface area (Å²) in [4.78, 5) is 0. The monoisotopic (exact) mass is 355 g/mol. The number of ether oxygens (including phenoxy) is 1. The van der Waals surface area contributed by atoms with E-state index in [2.05, 4.69) is 28.2 Å². The van der Waals surface area contributed by atoms with Gasteiger partial charge in [0, 0.05) is 12.6 Å². The van der Waals surface area contributed by atoms with Gasteiger partial charge in [-0.2, -0.15) is 0 Å². The van der Waals surface area contributed by atoms with Gasteiger partial charge in [-0.1, -0.05) is 13.0 Å². The van der Waals surface area contributed by atoms with Crippen LogP contribution in [0.4, 0.5) is 8.78 Å². The first-order chi connectivity index (χ1) is 10.1. The third-order valence-corrected chi connectivity index (χ3v) is 3.52. The van der Waals surface area contributed by atoms with Crippen molar-refractivity contribution in [3.63, 3.8) is 0 Å². The number of benzene rings is 2. The lowest BCUT2D eigenvalue weighted by Crippen LogP contribution is -2.13. The average molecular weight is 356 g/mol. The molecule has 0 unspecified atom stereocenters. The van der Waals surface area contributed by atoms with Gasteiger partial charge in [0.05, 0.1) is 4.47 Å². The second-order valence-corrected chi connectivity index (χ2v) is 5.47. The molecule has 0 aliphatic heterocycles. The molecule has 0 heterocycles. The molecule has 0 amide bonds. The van der Waals surface area contributed by atoms with Crippen LogP contribution in [-0.4, -0.2) is 6.54 Å². The second kappa shape index (κ2) is 7.52. The summed E-state index contributed by atoms with van der Waals surface area (Å²) in [5, 5.41) is 3.20. The summed E-state index contributed by atoms with van der Waals surface area (Å²) in [5.41, 5.74) is 0.839. The topological polar surface area (TPSA) is 21.3 Å². The lowest BCUT2D eigenvalue weighted by molar-refractivity contribution is 0.435. The summed E-state index contributed by atoms with van der Waals surface area (Å²) in [6, 6.07) is 8.79. The van der Waals surface area contributed by atoms with E-state index in [1.807, 2.05) is 0 Å². The normalized spacial score (nSPS) is 10.7. The molecule has 21 heavy (non-hydrogen) atoms. The molecule has 0 fully saturated rings. The van der Waals surface area contributed by atoms with E-state index < -0.39 is 11.6 Å². The minimum atomic E-state index is -0.470. The molecular weight excluding hydrogens is 340 g/mol. The number of hydrogen-bond donors (Lipinski definition) is 1. The Kier molecular flexibility index (Phi) is 5.70. The van der Waals surface area contributed by atoms with Crippen LogP contribution in [0.15, 0.2) is 40.9 Å². The third-order valence-electron chi connectivity index (χ3n) is 2.87. The third kappa shape index (κ3) is 4.51. The van der Waals surface area contributed by atoms with Crippen LogP contribution in [0.1, 0.15) is 18.9 Å². The molecule has 2 rings (SSSR count). The molecule has 2 aromatic rings. The fourth-order valence-corrected chi connectivity index (χ4v) is 2.15. The highest BCUT2D eigenvalue weighted by molar-refractivity contribution is 9.10. The van der Waals surface area contributed by atoms with E-state index in [0.717, 1.165) is 18.5 Å². The van der Waals surface area contributed by atoms with Crippen molar-refractivity contribution in [1.29, 1.82) is 0 Å². The molecule has 0 atom stereocenters. The Morgan fingerprint density at radius 2 is 1.90 bits per heavy atom. The van der Waals surface area contributed by atoms with Crippen LogP contribution in [0.3, 0.4) is 0 Å². The molecule has 112 valence electrons. The molecule has 0 saturated carbocycles. The molecule has 2 aromatic carbocycles. The molecule has 2 nitrogen and oxygen atoms in total. The first-order valence-electron chi connectivity index (χ1n) is 6.72. The molecule has 5 heteroatoms. The Labute approximate surface area is 131 Å². The van der Waals surface area contributed by atoms with E-state index in [9.17, 15) is 8.78 Å². The predicted octanol–water partition coefficient (Wildman–Crippen LogP) is 5.02. The van der Waals surface area contributed by atoms with E-state index in [1.165, 1.54) is 24.3 Å². The van der Waals surface area contributed by atoms with Crippen LogP contribution in [0.2, 0.25) is 0 Å². The molecule has 1 N–H and O–H groups in total. The van der Waals surface area contributed by atoms with Gasteiger partial charge in [-0.25, -0.2) is 8.78 Å². The summed E-state index contributed by atoms with van der Waals surface area (Å²) in [5.74, 6) is -0.595. The van der Waals surface area contributed by atoms with Gasteiger partial charge in [-0.3, -0.25) is 0 Å². The van der Waals surface area contributed by atoms with Crippen molar-refractivity contribution in [2.24, 2.45) is 0 Å². The van der Waals surface area contributed by atoms with Crippen molar-refractivity contribution in [2.75, 3.05) is 6.54 Å². The van der Waals surface area contributed by atoms with Crippen molar-refractivity contribution in [3.05, 3.63) is 58.1 Å². The Balaban J connectivity index is 2.12. The van der Waals surface area contributed by atoms with Gasteiger partial charge in [-0.15, -0.1) is 0 Å². The van der Waals surface area contributed by atoms with Crippen molar-refractivity contribution in [3.8, 4) is 11.5 Å². The Hall–Kier alpha value is -1.46. The zero-order valence-corrected chi connectivity index (χ0v) is 13.2. The van der Waals surface area contributed by atoms with E-state index >= 15 is 0 Å². The van der Waals surface area contributed by atoms with E-state index in [0.29, 0.717) is 11.0 Å². The number of rotatable bonds is 6. The minimum Gasteiger partial charge on any atom is -0.453 e. The minimum absolute atomic E-state index is 0.0699. The maximum absolute atomic E-state index is 14.0. The Morgan fingerprint density at radius 1 is 1.10 bits per heavy atom. The number of hydrogen-bond acceptors (Lipinski definition) is 2. The van der Waals surface area contributed by atoms with E-state index in [1.54, 1.807) is 12.1 Å². The summed E-state index contributed by atoms with van der Waals surface area (Å²) in [6.45, 7) is 3.56. The van der Waals surface area contributed by atoms with Crippen LogP contribution in [-0.2, 0) is 6.54 Å². The van der Waals surface area contributed by atoms with Gasteiger partial charge in [0.2, 0.25) is 0 Å². The van der Waals surface area contributed by atoms with Gasteiger partial charge < -0.3 is 10.1 Å². The van der Waals surface area contributed by atoms with Crippen molar-refractivity contribution in [1.82, 2.24) is 5.32 Å². The standard InChI is InChI=1S/C16H16BrF2NO/c1-2-7-20-10-11-3-6-15(14(19)8-11)21-16-9-12(18)4-5-13(16)17/h3-6,8-9,20H,2,7,10H2,1H3. The van der Waals surface area contributed by atoms with Crippen LogP contribution >= 0.6 is 15.9 Å². The Morgan fingerprint density at radius 3 is 2.62 bits per heavy atom. The van der Waals surface area contributed by atoms with Crippen LogP contribution < -0.4 is 10.1 Å². The SMILES string of the molecule is CCCNCc1ccc(Oc2cc(F)ccc2Br)c(F)c1. The lowest BCUT2D eigenvalue weighted by Gasteiger charge is -2.10. The van der Waals surface area contributed by atoms with E-state index in [-0.39, 0.29) is 11.5 Å². The fraction of sp³-hybridized carbons (Fsp3) is 0.250. The highest BCUT2D eigenvalue weighted by atomic mass is 79.9. The first-order valence-corrected chi connectivity index (χ1v) is 7.51. The lowest BCUT2D eigenvalue weighted by atomic mass is 10.2. The van der Waals surface area contributed by atoms with Gasteiger partial charge in [-0.05, 0) is 58.7 Å². The van der Waals surface area contributed by atoms with Gasteiger partial charge in [0.25, 0.3) is 0 Å². The van der Waals surface area contributed by atoms with Crippen molar-refractivity contribution >= 4 is 15.9 Å². The average Bonchev–Trinajstić information content (AvgIpc) is 2.46. The highest BCUT2D eigenvalue weighted by Gasteiger charge is 2.09. The highest BCUT2D eigenvalue weighted by Crippen LogP contribution is 2.31. The van der Waals surface area contributed by atoms with Crippen molar-refractivity contribution in [2.45, 2.75) is 19.9 Å². The summed E-state index contributed by atoms with van der Waals surface area (Å²) in [7, 11) is 0. The van der Waals surface area contributed by atoms with Crippen LogP contribution in [0.5, 0.6) is 11.5 Å². The molecule has 0 aromatic heterocycles. The predicted molar refractivity (Wildman–Crippen MR) is 82.6 cm³/mol. The maximum Gasteiger partial charge on any atom is 0.166 e. The zero-order valence-electron chi connectivity index (χ0n) is 11.6. The molecule has 0 saturated heterocycles. The number of halogens is 3. The molecular formula is C16H16BrF2NO. The molecule has 0 aliphatic rings. The number of nitrogens with one attached hydrogen (secondary N) is 1. The fourth-order valence-electron chi connectivity index (χ4n) is 1.82. The summed E-state index contributed by atoms with van der Waals surface area (Å²) >= 11 is 3.24. The largest absolute Gasteiger partial charge is 0.453 e. The Bertz CT molecular complexity index is 619. The smallest absolute Gasteiger partial charge is 0.166 e. The second-order valence-electron chi connectivity index (χ2n) is 4.62. The zero-order chi connectivity index (χ0) is 15.2. The summed E-state index contributed by atoms with van der Waals surface area (Å²) in [6.07, 6.45) is 1.03. The summed E-state index contributed by atoms with van der Waals surface area (Å²) < 4.78 is 33.2. The van der Waals surface area contributed by atoms with Crippen LogP contribution in [0, 0.1) is 11.6 Å². The quantitative estimate of drug-likeness (QED) is 0.734. The van der Waals surface area contributed by atoms with Gasteiger partial charge in [0.15, 0.2) is 11.6 Å². The van der Waals surface area contributed by atoms with Gasteiger partial charge in [0.1, 0.15) is 11.6 Å². The molecule has 0 bridgehead atoms. The van der Waals surface area contributed by atoms with Crippen LogP contribution in [0.25, 0.3) is 0 Å². The molecule has 0 radical (unpaired) electrons. The molecule has 0 aliphatic carbocycles.